The third-order valence-electron chi connectivity index (χ3n) is 2.95. The van der Waals surface area contributed by atoms with Crippen molar-refractivity contribution < 1.29 is 0 Å². The van der Waals surface area contributed by atoms with E-state index in [-0.39, 0.29) is 0 Å². The van der Waals surface area contributed by atoms with E-state index in [9.17, 15) is 0 Å². The molecule has 0 saturated carbocycles. The summed E-state index contributed by atoms with van der Waals surface area (Å²) in [5, 5.41) is 1.03. The van der Waals surface area contributed by atoms with Crippen molar-refractivity contribution in [1.29, 1.82) is 0 Å². The van der Waals surface area contributed by atoms with Crippen molar-refractivity contribution in [3.05, 3.63) is 28.5 Å². The number of benzene rings is 1. The number of nitrogens with zero attached hydrogens (tertiary/aromatic N) is 2. The van der Waals surface area contributed by atoms with Gasteiger partial charge in [0.25, 0.3) is 0 Å². The average Bonchev–Trinajstić information content (AvgIpc) is 2.74. The molecule has 2 heterocycles. The van der Waals surface area contributed by atoms with Crippen molar-refractivity contribution in [2.45, 2.75) is 19.8 Å². The standard InChI is InChI=1S/C13H13BrN4/c1-2-3-10-17-11-8-5-4-7(14)6-9(8)16-13(15)12(11)18-10/h4-6H,2-3H2,1H3,(H2,15,16)(H,17,18). The summed E-state index contributed by atoms with van der Waals surface area (Å²) in [6.07, 6.45) is 1.97. The van der Waals surface area contributed by atoms with Crippen LogP contribution in [0.1, 0.15) is 19.2 Å². The van der Waals surface area contributed by atoms with Gasteiger partial charge in [-0.15, -0.1) is 0 Å². The summed E-state index contributed by atoms with van der Waals surface area (Å²) in [6.45, 7) is 2.13. The van der Waals surface area contributed by atoms with Gasteiger partial charge in [-0.1, -0.05) is 22.9 Å². The minimum absolute atomic E-state index is 0.505. The van der Waals surface area contributed by atoms with Crippen LogP contribution in [0, 0.1) is 0 Å². The quantitative estimate of drug-likeness (QED) is 0.762. The van der Waals surface area contributed by atoms with E-state index in [2.05, 4.69) is 37.8 Å². The predicted octanol–water partition coefficient (Wildman–Crippen LogP) is 3.41. The largest absolute Gasteiger partial charge is 0.382 e. The van der Waals surface area contributed by atoms with Crippen molar-refractivity contribution in [1.82, 2.24) is 15.0 Å². The normalized spacial score (nSPS) is 11.4. The Balaban J connectivity index is 2.37. The van der Waals surface area contributed by atoms with Crippen molar-refractivity contribution in [3.63, 3.8) is 0 Å². The van der Waals surface area contributed by atoms with E-state index in [0.29, 0.717) is 5.82 Å². The van der Waals surface area contributed by atoms with Gasteiger partial charge in [0.05, 0.1) is 5.52 Å². The van der Waals surface area contributed by atoms with Gasteiger partial charge in [-0.05, 0) is 24.6 Å². The molecule has 0 amide bonds. The lowest BCUT2D eigenvalue weighted by Gasteiger charge is -2.01. The molecule has 1 aromatic carbocycles. The number of imidazole rings is 1. The Morgan fingerprint density at radius 3 is 2.94 bits per heavy atom. The van der Waals surface area contributed by atoms with Crippen LogP contribution in [-0.4, -0.2) is 15.0 Å². The first kappa shape index (κ1) is 11.5. The number of hydrogen-bond acceptors (Lipinski definition) is 3. The third kappa shape index (κ3) is 1.75. The molecule has 92 valence electrons. The minimum atomic E-state index is 0.505. The molecule has 4 nitrogen and oxygen atoms in total. The number of hydrogen-bond donors (Lipinski definition) is 2. The average molecular weight is 305 g/mol. The number of rotatable bonds is 2. The Bertz CT molecular complexity index is 733. The fourth-order valence-corrected chi connectivity index (χ4v) is 2.49. The van der Waals surface area contributed by atoms with Gasteiger partial charge in [-0.3, -0.25) is 0 Å². The number of H-pyrrole nitrogens is 1. The summed E-state index contributed by atoms with van der Waals surface area (Å²) >= 11 is 3.44. The van der Waals surface area contributed by atoms with Crippen molar-refractivity contribution in [3.8, 4) is 0 Å². The van der Waals surface area contributed by atoms with E-state index in [4.69, 9.17) is 5.73 Å². The SMILES string of the molecule is CCCc1nc2c([nH]1)c(N)nc1cc(Br)ccc12. The van der Waals surface area contributed by atoms with Gasteiger partial charge in [0.1, 0.15) is 22.7 Å². The molecule has 0 aliphatic heterocycles. The molecule has 18 heavy (non-hydrogen) atoms. The Labute approximate surface area is 113 Å². The van der Waals surface area contributed by atoms with Gasteiger partial charge < -0.3 is 10.7 Å². The second kappa shape index (κ2) is 4.24. The highest BCUT2D eigenvalue weighted by atomic mass is 79.9. The van der Waals surface area contributed by atoms with E-state index in [1.54, 1.807) is 0 Å². The number of nitrogen functional groups attached to an aromatic ring is 1. The molecule has 0 spiro atoms. The maximum Gasteiger partial charge on any atom is 0.150 e. The molecular formula is C13H13BrN4. The molecule has 0 radical (unpaired) electrons. The molecule has 3 aromatic rings. The lowest BCUT2D eigenvalue weighted by atomic mass is 10.2. The summed E-state index contributed by atoms with van der Waals surface area (Å²) in [5.74, 6) is 1.47. The zero-order chi connectivity index (χ0) is 12.7. The Hall–Kier alpha value is -1.62. The number of halogens is 1. The van der Waals surface area contributed by atoms with E-state index >= 15 is 0 Å². The molecule has 0 atom stereocenters. The zero-order valence-corrected chi connectivity index (χ0v) is 11.6. The summed E-state index contributed by atoms with van der Waals surface area (Å²) < 4.78 is 0.991. The van der Waals surface area contributed by atoms with Crippen LogP contribution in [0.5, 0.6) is 0 Å². The molecule has 3 rings (SSSR count). The number of anilines is 1. The number of aromatic amines is 1. The lowest BCUT2D eigenvalue weighted by molar-refractivity contribution is 0.862. The highest BCUT2D eigenvalue weighted by molar-refractivity contribution is 9.10. The highest BCUT2D eigenvalue weighted by Crippen LogP contribution is 2.28. The van der Waals surface area contributed by atoms with Crippen LogP contribution in [0.25, 0.3) is 21.9 Å². The molecule has 0 aliphatic rings. The maximum atomic E-state index is 5.98. The minimum Gasteiger partial charge on any atom is -0.382 e. The number of pyridine rings is 1. The lowest BCUT2D eigenvalue weighted by Crippen LogP contribution is -1.93. The molecule has 5 heteroatoms. The number of nitrogens with two attached hydrogens (primary N) is 1. The summed E-state index contributed by atoms with van der Waals surface area (Å²) in [5.41, 5.74) is 8.60. The summed E-state index contributed by atoms with van der Waals surface area (Å²) in [4.78, 5) is 12.3. The van der Waals surface area contributed by atoms with Crippen molar-refractivity contribution in [2.24, 2.45) is 0 Å². The number of aromatic nitrogens is 3. The number of fused-ring (bicyclic) bond motifs is 3. The predicted molar refractivity (Wildman–Crippen MR) is 77.5 cm³/mol. The Kier molecular flexibility index (Phi) is 2.70. The molecule has 0 unspecified atom stereocenters. The van der Waals surface area contributed by atoms with Gasteiger partial charge >= 0.3 is 0 Å². The second-order valence-corrected chi connectivity index (χ2v) is 5.23. The highest BCUT2D eigenvalue weighted by Gasteiger charge is 2.11. The summed E-state index contributed by atoms with van der Waals surface area (Å²) in [6, 6.07) is 5.97. The Morgan fingerprint density at radius 2 is 2.17 bits per heavy atom. The van der Waals surface area contributed by atoms with Crippen LogP contribution >= 0.6 is 15.9 Å². The topological polar surface area (TPSA) is 67.6 Å². The fourth-order valence-electron chi connectivity index (χ4n) is 2.14. The van der Waals surface area contributed by atoms with Crippen LogP contribution < -0.4 is 5.73 Å². The zero-order valence-electron chi connectivity index (χ0n) is 10.00. The first-order valence-electron chi connectivity index (χ1n) is 5.92. The van der Waals surface area contributed by atoms with Gasteiger partial charge in [-0.2, -0.15) is 0 Å². The van der Waals surface area contributed by atoms with E-state index in [1.807, 2.05) is 18.2 Å². The van der Waals surface area contributed by atoms with Gasteiger partial charge in [-0.25, -0.2) is 9.97 Å². The van der Waals surface area contributed by atoms with Crippen molar-refractivity contribution >= 4 is 43.7 Å². The monoisotopic (exact) mass is 304 g/mol. The van der Waals surface area contributed by atoms with Crippen LogP contribution in [0.3, 0.4) is 0 Å². The van der Waals surface area contributed by atoms with Gasteiger partial charge in [0.2, 0.25) is 0 Å². The molecule has 0 bridgehead atoms. The first-order chi connectivity index (χ1) is 8.69. The van der Waals surface area contributed by atoms with E-state index in [1.165, 1.54) is 0 Å². The van der Waals surface area contributed by atoms with E-state index < -0.39 is 0 Å². The first-order valence-corrected chi connectivity index (χ1v) is 6.71. The summed E-state index contributed by atoms with van der Waals surface area (Å²) in [7, 11) is 0. The molecular weight excluding hydrogens is 292 g/mol. The van der Waals surface area contributed by atoms with Crippen LogP contribution in [0.15, 0.2) is 22.7 Å². The third-order valence-corrected chi connectivity index (χ3v) is 3.44. The molecule has 0 saturated heterocycles. The fraction of sp³-hybridized carbons (Fsp3) is 0.231. The van der Waals surface area contributed by atoms with E-state index in [0.717, 1.165) is 45.1 Å². The van der Waals surface area contributed by atoms with Crippen LogP contribution in [0.2, 0.25) is 0 Å². The number of aryl methyl sites for hydroxylation is 1. The molecule has 3 N–H and O–H groups in total. The van der Waals surface area contributed by atoms with Crippen molar-refractivity contribution in [2.75, 3.05) is 5.73 Å². The molecule has 0 fully saturated rings. The van der Waals surface area contributed by atoms with Gasteiger partial charge in [0, 0.05) is 16.3 Å². The number of nitrogens with one attached hydrogen (secondary N) is 1. The Morgan fingerprint density at radius 1 is 1.33 bits per heavy atom. The second-order valence-electron chi connectivity index (χ2n) is 4.32. The molecule has 2 aromatic heterocycles. The van der Waals surface area contributed by atoms with Gasteiger partial charge in [0.15, 0.2) is 0 Å². The van der Waals surface area contributed by atoms with Crippen LogP contribution in [0.4, 0.5) is 5.82 Å². The van der Waals surface area contributed by atoms with Crippen LogP contribution in [-0.2, 0) is 6.42 Å². The maximum absolute atomic E-state index is 5.98. The molecule has 0 aliphatic carbocycles. The smallest absolute Gasteiger partial charge is 0.150 e.